The maximum Gasteiger partial charge on any atom is 0.0784 e. The van der Waals surface area contributed by atoms with E-state index in [1.807, 2.05) is 6.92 Å². The zero-order valence-corrected chi connectivity index (χ0v) is 10.9. The van der Waals surface area contributed by atoms with Gasteiger partial charge in [-0.05, 0) is 20.3 Å². The molecule has 0 aliphatic rings. The van der Waals surface area contributed by atoms with Gasteiger partial charge < -0.3 is 14.8 Å². The molecular formula is C12H27NO2. The molecule has 0 aromatic heterocycles. The fourth-order valence-electron chi connectivity index (χ4n) is 1.31. The maximum absolute atomic E-state index is 5.86. The van der Waals surface area contributed by atoms with Crippen molar-refractivity contribution in [2.24, 2.45) is 0 Å². The Hall–Kier alpha value is -0.120. The van der Waals surface area contributed by atoms with Crippen LogP contribution >= 0.6 is 0 Å². The van der Waals surface area contributed by atoms with Crippen molar-refractivity contribution in [1.82, 2.24) is 5.32 Å². The molecule has 0 radical (unpaired) electrons. The molecule has 0 aliphatic carbocycles. The molecule has 0 aromatic rings. The standard InChI is InChI=1S/C12H27NO2/c1-6-12(8-13-10(3)4)15-11(5)9-14-7-2/h10-13H,6-9H2,1-5H3. The van der Waals surface area contributed by atoms with Crippen molar-refractivity contribution in [3.63, 3.8) is 0 Å². The zero-order chi connectivity index (χ0) is 11.7. The molecule has 0 fully saturated rings. The Morgan fingerprint density at radius 3 is 2.27 bits per heavy atom. The molecule has 0 amide bonds. The van der Waals surface area contributed by atoms with Crippen LogP contribution in [0.3, 0.4) is 0 Å². The van der Waals surface area contributed by atoms with Gasteiger partial charge in [0.2, 0.25) is 0 Å². The largest absolute Gasteiger partial charge is 0.379 e. The van der Waals surface area contributed by atoms with E-state index in [9.17, 15) is 0 Å². The second-order valence-electron chi connectivity index (χ2n) is 4.20. The van der Waals surface area contributed by atoms with Crippen LogP contribution < -0.4 is 5.32 Å². The SMILES string of the molecule is CCOCC(C)OC(CC)CNC(C)C. The van der Waals surface area contributed by atoms with Gasteiger partial charge in [0, 0.05) is 19.2 Å². The highest BCUT2D eigenvalue weighted by Gasteiger charge is 2.11. The van der Waals surface area contributed by atoms with Gasteiger partial charge in [-0.2, -0.15) is 0 Å². The Morgan fingerprint density at radius 2 is 1.80 bits per heavy atom. The normalized spacial score (nSPS) is 15.6. The molecule has 3 nitrogen and oxygen atoms in total. The van der Waals surface area contributed by atoms with Gasteiger partial charge in [0.1, 0.15) is 0 Å². The van der Waals surface area contributed by atoms with Gasteiger partial charge in [-0.1, -0.05) is 20.8 Å². The Morgan fingerprint density at radius 1 is 1.13 bits per heavy atom. The second-order valence-corrected chi connectivity index (χ2v) is 4.20. The second kappa shape index (κ2) is 9.13. The minimum Gasteiger partial charge on any atom is -0.379 e. The Labute approximate surface area is 94.5 Å². The van der Waals surface area contributed by atoms with Crippen LogP contribution in [-0.2, 0) is 9.47 Å². The molecule has 3 heteroatoms. The summed E-state index contributed by atoms with van der Waals surface area (Å²) in [4.78, 5) is 0. The first-order valence-corrected chi connectivity index (χ1v) is 6.06. The number of ether oxygens (including phenoxy) is 2. The van der Waals surface area contributed by atoms with Crippen LogP contribution in [0.4, 0.5) is 0 Å². The van der Waals surface area contributed by atoms with E-state index in [0.29, 0.717) is 18.8 Å². The average molecular weight is 217 g/mol. The van der Waals surface area contributed by atoms with Gasteiger partial charge in [0.15, 0.2) is 0 Å². The van der Waals surface area contributed by atoms with Crippen LogP contribution in [0, 0.1) is 0 Å². The van der Waals surface area contributed by atoms with Crippen LogP contribution in [-0.4, -0.2) is 38.0 Å². The summed E-state index contributed by atoms with van der Waals surface area (Å²) in [6.07, 6.45) is 1.52. The van der Waals surface area contributed by atoms with E-state index in [2.05, 4.69) is 33.0 Å². The third-order valence-electron chi connectivity index (χ3n) is 2.19. The molecule has 0 spiro atoms. The molecule has 0 aromatic carbocycles. The zero-order valence-electron chi connectivity index (χ0n) is 10.9. The molecule has 0 saturated carbocycles. The number of hydrogen-bond donors (Lipinski definition) is 1. The van der Waals surface area contributed by atoms with Crippen molar-refractivity contribution in [3.8, 4) is 0 Å². The van der Waals surface area contributed by atoms with Crippen molar-refractivity contribution < 1.29 is 9.47 Å². The van der Waals surface area contributed by atoms with E-state index in [0.717, 1.165) is 19.6 Å². The molecule has 0 heterocycles. The predicted molar refractivity (Wildman–Crippen MR) is 64.3 cm³/mol. The van der Waals surface area contributed by atoms with Crippen molar-refractivity contribution in [2.45, 2.75) is 59.3 Å². The smallest absolute Gasteiger partial charge is 0.0784 e. The summed E-state index contributed by atoms with van der Waals surface area (Å²) in [7, 11) is 0. The lowest BCUT2D eigenvalue weighted by molar-refractivity contribution is -0.0469. The van der Waals surface area contributed by atoms with Crippen molar-refractivity contribution in [3.05, 3.63) is 0 Å². The van der Waals surface area contributed by atoms with Crippen molar-refractivity contribution in [2.75, 3.05) is 19.8 Å². The first-order valence-electron chi connectivity index (χ1n) is 6.06. The summed E-state index contributed by atoms with van der Waals surface area (Å²) >= 11 is 0. The Balaban J connectivity index is 3.67. The lowest BCUT2D eigenvalue weighted by Gasteiger charge is -2.22. The molecule has 2 atom stereocenters. The van der Waals surface area contributed by atoms with Crippen LogP contribution in [0.2, 0.25) is 0 Å². The van der Waals surface area contributed by atoms with E-state index < -0.39 is 0 Å². The summed E-state index contributed by atoms with van der Waals surface area (Å²) in [5.41, 5.74) is 0. The Kier molecular flexibility index (Phi) is 9.06. The molecule has 0 rings (SSSR count). The van der Waals surface area contributed by atoms with E-state index in [-0.39, 0.29) is 6.10 Å². The first-order chi connectivity index (χ1) is 7.10. The molecule has 1 N–H and O–H groups in total. The number of hydrogen-bond acceptors (Lipinski definition) is 3. The third-order valence-corrected chi connectivity index (χ3v) is 2.19. The Bertz CT molecular complexity index is 140. The van der Waals surface area contributed by atoms with Gasteiger partial charge in [0.05, 0.1) is 18.8 Å². The lowest BCUT2D eigenvalue weighted by Crippen LogP contribution is -2.35. The minimum atomic E-state index is 0.184. The lowest BCUT2D eigenvalue weighted by atomic mass is 10.2. The summed E-state index contributed by atoms with van der Waals surface area (Å²) in [6.45, 7) is 12.9. The van der Waals surface area contributed by atoms with E-state index >= 15 is 0 Å². The van der Waals surface area contributed by atoms with E-state index in [1.165, 1.54) is 0 Å². The van der Waals surface area contributed by atoms with E-state index in [4.69, 9.17) is 9.47 Å². The van der Waals surface area contributed by atoms with Crippen LogP contribution in [0.15, 0.2) is 0 Å². The van der Waals surface area contributed by atoms with E-state index in [1.54, 1.807) is 0 Å². The molecular weight excluding hydrogens is 190 g/mol. The fraction of sp³-hybridized carbons (Fsp3) is 1.00. The van der Waals surface area contributed by atoms with Crippen molar-refractivity contribution in [1.29, 1.82) is 0 Å². The van der Waals surface area contributed by atoms with Gasteiger partial charge in [0.25, 0.3) is 0 Å². The average Bonchev–Trinajstić information content (AvgIpc) is 2.20. The quantitative estimate of drug-likeness (QED) is 0.642. The molecule has 0 aliphatic heterocycles. The monoisotopic (exact) mass is 217 g/mol. The van der Waals surface area contributed by atoms with Crippen LogP contribution in [0.25, 0.3) is 0 Å². The minimum absolute atomic E-state index is 0.184. The van der Waals surface area contributed by atoms with Gasteiger partial charge in [-0.15, -0.1) is 0 Å². The van der Waals surface area contributed by atoms with Gasteiger partial charge in [-0.25, -0.2) is 0 Å². The molecule has 2 unspecified atom stereocenters. The highest BCUT2D eigenvalue weighted by molar-refractivity contribution is 4.64. The topological polar surface area (TPSA) is 30.5 Å². The summed E-state index contributed by atoms with van der Waals surface area (Å²) in [5, 5.41) is 3.39. The highest BCUT2D eigenvalue weighted by Crippen LogP contribution is 2.03. The van der Waals surface area contributed by atoms with Crippen molar-refractivity contribution >= 4 is 0 Å². The molecule has 15 heavy (non-hydrogen) atoms. The summed E-state index contributed by atoms with van der Waals surface area (Å²) in [5.74, 6) is 0. The fourth-order valence-corrected chi connectivity index (χ4v) is 1.31. The number of rotatable bonds is 9. The maximum atomic E-state index is 5.86. The summed E-state index contributed by atoms with van der Waals surface area (Å²) < 4.78 is 11.2. The predicted octanol–water partition coefficient (Wildman–Crippen LogP) is 2.20. The molecule has 0 bridgehead atoms. The first kappa shape index (κ1) is 14.9. The van der Waals surface area contributed by atoms with Gasteiger partial charge >= 0.3 is 0 Å². The number of nitrogens with one attached hydrogen (secondary N) is 1. The van der Waals surface area contributed by atoms with Gasteiger partial charge in [-0.3, -0.25) is 0 Å². The highest BCUT2D eigenvalue weighted by atomic mass is 16.5. The van der Waals surface area contributed by atoms with Crippen LogP contribution in [0.5, 0.6) is 0 Å². The molecule has 0 saturated heterocycles. The third kappa shape index (κ3) is 8.85. The summed E-state index contributed by atoms with van der Waals surface area (Å²) in [6, 6.07) is 0.518. The molecule has 92 valence electrons. The van der Waals surface area contributed by atoms with Crippen LogP contribution in [0.1, 0.15) is 41.0 Å².